The molecule has 154 valence electrons. The maximum atomic E-state index is 12.6. The lowest BCUT2D eigenvalue weighted by atomic mass is 10.0. The van der Waals surface area contributed by atoms with Gasteiger partial charge < -0.3 is 4.57 Å². The number of aromatic nitrogens is 1. The van der Waals surface area contributed by atoms with Crippen LogP contribution in [-0.4, -0.2) is 4.57 Å². The predicted octanol–water partition coefficient (Wildman–Crippen LogP) is 7.46. The maximum Gasteiger partial charge on any atom is 0.185 e. The number of nitrogens with zero attached hydrogens (tertiary/aromatic N) is 3. The Balaban J connectivity index is 1.64. The molecule has 31 heavy (non-hydrogen) atoms. The topological polar surface area (TPSA) is 46.7 Å². The minimum absolute atomic E-state index is 0.0435. The molecule has 4 nitrogen and oxygen atoms in total. The van der Waals surface area contributed by atoms with Gasteiger partial charge in [-0.1, -0.05) is 47.5 Å². The highest BCUT2D eigenvalue weighted by molar-refractivity contribution is 6.36. The smallest absolute Gasteiger partial charge is 0.185 e. The van der Waals surface area contributed by atoms with Crippen LogP contribution in [0, 0.1) is 6.92 Å². The minimum atomic E-state index is -0.0435. The van der Waals surface area contributed by atoms with Crippen molar-refractivity contribution < 1.29 is 0 Å². The second-order valence-corrected chi connectivity index (χ2v) is 7.86. The van der Waals surface area contributed by atoms with Gasteiger partial charge in [0.05, 0.1) is 11.4 Å². The first-order valence-electron chi connectivity index (χ1n) is 9.74. The summed E-state index contributed by atoms with van der Waals surface area (Å²) in [6.07, 6.45) is 2.14. The van der Waals surface area contributed by atoms with Gasteiger partial charge in [0.25, 0.3) is 0 Å². The van der Waals surface area contributed by atoms with E-state index in [1.54, 1.807) is 30.5 Å². The molecule has 0 radical (unpaired) electrons. The summed E-state index contributed by atoms with van der Waals surface area (Å²) >= 11 is 12.6. The fraction of sp³-hybridized carbons (Fsp3) is 0.0800. The van der Waals surface area contributed by atoms with Crippen LogP contribution in [0.2, 0.25) is 10.0 Å². The molecule has 0 saturated heterocycles. The monoisotopic (exact) mass is 447 g/mol. The Labute approximate surface area is 190 Å². The van der Waals surface area contributed by atoms with Crippen LogP contribution in [0.5, 0.6) is 0 Å². The normalized spacial score (nSPS) is 11.2. The van der Waals surface area contributed by atoms with Crippen molar-refractivity contribution >= 4 is 34.6 Å². The van der Waals surface area contributed by atoms with Gasteiger partial charge in [-0.3, -0.25) is 4.79 Å². The van der Waals surface area contributed by atoms with Crippen molar-refractivity contribution in [2.75, 3.05) is 0 Å². The van der Waals surface area contributed by atoms with Crippen molar-refractivity contribution in [2.45, 2.75) is 13.3 Å². The summed E-state index contributed by atoms with van der Waals surface area (Å²) in [6.45, 7) is 1.92. The number of halogens is 2. The first-order chi connectivity index (χ1) is 15.0. The fourth-order valence-electron chi connectivity index (χ4n) is 3.34. The lowest BCUT2D eigenvalue weighted by Crippen LogP contribution is -2.16. The molecule has 0 spiro atoms. The summed E-state index contributed by atoms with van der Waals surface area (Å²) in [5.74, 6) is 0. The molecule has 0 saturated carbocycles. The average molecular weight is 448 g/mol. The van der Waals surface area contributed by atoms with E-state index in [2.05, 4.69) is 10.2 Å². The van der Waals surface area contributed by atoms with Gasteiger partial charge in [-0.15, -0.1) is 0 Å². The van der Waals surface area contributed by atoms with E-state index in [1.807, 2.05) is 66.1 Å². The third kappa shape index (κ3) is 4.76. The van der Waals surface area contributed by atoms with E-state index in [1.165, 1.54) is 0 Å². The van der Waals surface area contributed by atoms with Crippen LogP contribution in [0.15, 0.2) is 100 Å². The summed E-state index contributed by atoms with van der Waals surface area (Å²) in [5.41, 5.74) is 4.66. The molecule has 0 atom stereocenters. The zero-order chi connectivity index (χ0) is 21.8. The van der Waals surface area contributed by atoms with Crippen molar-refractivity contribution in [3.63, 3.8) is 0 Å². The SMILES string of the molecule is Cc1c(Cc2c(Cl)cccc2Cl)c(=O)ccn1-c1ccc(N=Nc2ccccc2)cc1. The molecule has 0 bridgehead atoms. The highest BCUT2D eigenvalue weighted by Crippen LogP contribution is 2.27. The van der Waals surface area contributed by atoms with Crippen molar-refractivity contribution in [3.8, 4) is 5.69 Å². The summed E-state index contributed by atoms with van der Waals surface area (Å²) in [4.78, 5) is 12.6. The molecule has 0 unspecified atom stereocenters. The molecule has 3 aromatic carbocycles. The van der Waals surface area contributed by atoms with Crippen molar-refractivity contribution in [3.05, 3.63) is 122 Å². The highest BCUT2D eigenvalue weighted by atomic mass is 35.5. The molecule has 6 heteroatoms. The molecule has 4 rings (SSSR count). The molecule has 0 fully saturated rings. The second kappa shape index (κ2) is 9.29. The Bertz CT molecular complexity index is 1280. The Morgan fingerprint density at radius 1 is 0.742 bits per heavy atom. The zero-order valence-corrected chi connectivity index (χ0v) is 18.3. The third-order valence-electron chi connectivity index (χ3n) is 5.05. The van der Waals surface area contributed by atoms with Crippen LogP contribution in [0.1, 0.15) is 16.8 Å². The van der Waals surface area contributed by atoms with Gasteiger partial charge in [-0.25, -0.2) is 0 Å². The molecule has 0 aliphatic carbocycles. The van der Waals surface area contributed by atoms with Crippen molar-refractivity contribution in [2.24, 2.45) is 10.2 Å². The number of benzene rings is 3. The van der Waals surface area contributed by atoms with E-state index in [9.17, 15) is 4.79 Å². The number of pyridine rings is 1. The van der Waals surface area contributed by atoms with Gasteiger partial charge in [0.1, 0.15) is 0 Å². The molecule has 0 aliphatic heterocycles. The highest BCUT2D eigenvalue weighted by Gasteiger charge is 2.13. The van der Waals surface area contributed by atoms with Crippen molar-refractivity contribution in [1.29, 1.82) is 0 Å². The summed E-state index contributed by atoms with van der Waals surface area (Å²) in [7, 11) is 0. The second-order valence-electron chi connectivity index (χ2n) is 7.04. The quantitative estimate of drug-likeness (QED) is 0.292. The molecule has 4 aromatic rings. The molecular weight excluding hydrogens is 429 g/mol. The maximum absolute atomic E-state index is 12.6. The fourth-order valence-corrected chi connectivity index (χ4v) is 3.87. The predicted molar refractivity (Wildman–Crippen MR) is 127 cm³/mol. The van der Waals surface area contributed by atoms with Gasteiger partial charge >= 0.3 is 0 Å². The lowest BCUT2D eigenvalue weighted by Gasteiger charge is -2.15. The van der Waals surface area contributed by atoms with E-state index in [4.69, 9.17) is 23.2 Å². The first-order valence-corrected chi connectivity index (χ1v) is 10.5. The lowest BCUT2D eigenvalue weighted by molar-refractivity contribution is 0.930. The minimum Gasteiger partial charge on any atom is -0.321 e. The van der Waals surface area contributed by atoms with E-state index >= 15 is 0 Å². The van der Waals surface area contributed by atoms with Crippen LogP contribution in [-0.2, 0) is 6.42 Å². The van der Waals surface area contributed by atoms with Crippen LogP contribution >= 0.6 is 23.2 Å². The first kappa shape index (κ1) is 21.0. The number of azo groups is 1. The van der Waals surface area contributed by atoms with Crippen LogP contribution in [0.25, 0.3) is 5.69 Å². The van der Waals surface area contributed by atoms with Gasteiger partial charge in [-0.2, -0.15) is 10.2 Å². The summed E-state index contributed by atoms with van der Waals surface area (Å²) in [6, 6.07) is 24.2. The number of hydrogen-bond acceptors (Lipinski definition) is 3. The van der Waals surface area contributed by atoms with Gasteiger partial charge in [0, 0.05) is 45.7 Å². The Morgan fingerprint density at radius 3 is 2.00 bits per heavy atom. The molecule has 1 aromatic heterocycles. The average Bonchev–Trinajstić information content (AvgIpc) is 2.78. The van der Waals surface area contributed by atoms with Crippen LogP contribution in [0.4, 0.5) is 11.4 Å². The zero-order valence-electron chi connectivity index (χ0n) is 16.8. The van der Waals surface area contributed by atoms with Crippen LogP contribution in [0.3, 0.4) is 0 Å². The molecule has 1 heterocycles. The van der Waals surface area contributed by atoms with E-state index in [-0.39, 0.29) is 5.43 Å². The van der Waals surface area contributed by atoms with Crippen molar-refractivity contribution in [1.82, 2.24) is 4.57 Å². The number of rotatable bonds is 5. The summed E-state index contributed by atoms with van der Waals surface area (Å²) in [5, 5.41) is 9.62. The number of hydrogen-bond donors (Lipinski definition) is 0. The standard InChI is InChI=1S/C25H19Cl2N3O/c1-17-21(16-22-23(26)8-5-9-24(22)27)25(31)14-15-30(17)20-12-10-19(11-13-20)29-28-18-6-3-2-4-7-18/h2-15H,16H2,1H3. The van der Waals surface area contributed by atoms with Crippen LogP contribution < -0.4 is 5.43 Å². The molecule has 0 aliphatic rings. The Morgan fingerprint density at radius 2 is 1.35 bits per heavy atom. The summed E-state index contributed by atoms with van der Waals surface area (Å²) < 4.78 is 1.97. The molecular formula is C25H19Cl2N3O. The molecule has 0 N–H and O–H groups in total. The van der Waals surface area contributed by atoms with E-state index < -0.39 is 0 Å². The van der Waals surface area contributed by atoms with Gasteiger partial charge in [0.15, 0.2) is 5.43 Å². The van der Waals surface area contributed by atoms with E-state index in [0.717, 1.165) is 28.3 Å². The van der Waals surface area contributed by atoms with Gasteiger partial charge in [0.2, 0.25) is 0 Å². The largest absolute Gasteiger partial charge is 0.321 e. The van der Waals surface area contributed by atoms with Gasteiger partial charge in [-0.05, 0) is 61.0 Å². The van der Waals surface area contributed by atoms with E-state index in [0.29, 0.717) is 22.0 Å². The third-order valence-corrected chi connectivity index (χ3v) is 5.76. The Hall–Kier alpha value is -3.21. The Kier molecular flexibility index (Phi) is 6.31. The molecule has 0 amide bonds.